The van der Waals surface area contributed by atoms with Gasteiger partial charge in [0.25, 0.3) is 5.91 Å². The Labute approximate surface area is 163 Å². The molecule has 1 heterocycles. The van der Waals surface area contributed by atoms with Crippen LogP contribution in [-0.4, -0.2) is 25.5 Å². The van der Waals surface area contributed by atoms with Crippen LogP contribution in [0.2, 0.25) is 10.0 Å². The van der Waals surface area contributed by atoms with E-state index in [1.54, 1.807) is 6.07 Å². The maximum Gasteiger partial charge on any atom is 0.387 e. The molecule has 0 unspecified atom stereocenters. The highest BCUT2D eigenvalue weighted by atomic mass is 35.5. The van der Waals surface area contributed by atoms with Crippen LogP contribution in [0.5, 0.6) is 5.75 Å². The predicted octanol–water partition coefficient (Wildman–Crippen LogP) is 3.15. The van der Waals surface area contributed by atoms with E-state index in [0.717, 1.165) is 0 Å². The molecule has 0 fully saturated rings. The molecule has 0 bridgehead atoms. The van der Waals surface area contributed by atoms with Gasteiger partial charge in [-0.05, 0) is 24.3 Å². The molecule has 2 rings (SSSR count). The van der Waals surface area contributed by atoms with Gasteiger partial charge in [0, 0.05) is 24.2 Å². The zero-order valence-electron chi connectivity index (χ0n) is 14.1. The molecule has 0 spiro atoms. The summed E-state index contributed by atoms with van der Waals surface area (Å²) in [4.78, 5) is 15.0. The molecule has 4 N–H and O–H groups in total. The van der Waals surface area contributed by atoms with E-state index in [2.05, 4.69) is 20.4 Å². The first-order valence-electron chi connectivity index (χ1n) is 7.56. The van der Waals surface area contributed by atoms with Crippen molar-refractivity contribution >= 4 is 35.1 Å². The van der Waals surface area contributed by atoms with Crippen molar-refractivity contribution in [2.45, 2.75) is 19.7 Å². The molecule has 0 aliphatic heterocycles. The van der Waals surface area contributed by atoms with Crippen LogP contribution in [0.1, 0.15) is 21.9 Å². The summed E-state index contributed by atoms with van der Waals surface area (Å²) < 4.78 is 34.9. The quantitative estimate of drug-likeness (QED) is 0.471. The standard InChI is InChI=1S/C16H16Cl2F2N4O3/c1-22-16(24-7-10-2-3-12(26-10)14(21)25)23-6-8-4-9(17)5-11(18)13(8)27-15(19)20/h2-5,15H,6-7H2,1H3,(H2,21,25)(H2,22,23,24). The van der Waals surface area contributed by atoms with Gasteiger partial charge in [-0.2, -0.15) is 8.78 Å². The topological polar surface area (TPSA) is 102 Å². The van der Waals surface area contributed by atoms with Crippen molar-refractivity contribution in [1.29, 1.82) is 0 Å². The van der Waals surface area contributed by atoms with Crippen LogP contribution in [0.3, 0.4) is 0 Å². The summed E-state index contributed by atoms with van der Waals surface area (Å²) in [6, 6.07) is 5.81. The van der Waals surface area contributed by atoms with Crippen molar-refractivity contribution in [3.63, 3.8) is 0 Å². The third kappa shape index (κ3) is 6.00. The van der Waals surface area contributed by atoms with Crippen molar-refractivity contribution in [2.24, 2.45) is 10.7 Å². The van der Waals surface area contributed by atoms with Crippen LogP contribution < -0.4 is 21.1 Å². The maximum atomic E-state index is 12.6. The van der Waals surface area contributed by atoms with Gasteiger partial charge in [-0.15, -0.1) is 0 Å². The first kappa shape index (κ1) is 20.8. The number of halogens is 4. The summed E-state index contributed by atoms with van der Waals surface area (Å²) in [5.74, 6) is -0.00759. The Morgan fingerprint density at radius 2 is 2.00 bits per heavy atom. The lowest BCUT2D eigenvalue weighted by molar-refractivity contribution is -0.0504. The number of guanidine groups is 1. The number of nitrogens with two attached hydrogens (primary N) is 1. The number of benzene rings is 1. The third-order valence-corrected chi connectivity index (χ3v) is 3.80. The molecule has 1 amide bonds. The molecule has 27 heavy (non-hydrogen) atoms. The fraction of sp³-hybridized carbons (Fsp3) is 0.250. The molecule has 7 nitrogen and oxygen atoms in total. The Bertz CT molecular complexity index is 843. The summed E-state index contributed by atoms with van der Waals surface area (Å²) in [7, 11) is 1.52. The lowest BCUT2D eigenvalue weighted by Crippen LogP contribution is -2.36. The molecule has 0 radical (unpaired) electrons. The second-order valence-corrected chi connectivity index (χ2v) is 6.01. The number of carbonyl (C=O) groups excluding carboxylic acids is 1. The fourth-order valence-corrected chi connectivity index (χ4v) is 2.72. The Morgan fingerprint density at radius 3 is 2.59 bits per heavy atom. The number of amides is 1. The fourth-order valence-electron chi connectivity index (χ4n) is 2.14. The van der Waals surface area contributed by atoms with Gasteiger partial charge in [0.05, 0.1) is 11.6 Å². The van der Waals surface area contributed by atoms with Gasteiger partial charge in [0.15, 0.2) is 11.7 Å². The highest BCUT2D eigenvalue weighted by Crippen LogP contribution is 2.33. The number of nitrogens with zero attached hydrogens (tertiary/aromatic N) is 1. The van der Waals surface area contributed by atoms with Crippen LogP contribution in [0.15, 0.2) is 33.7 Å². The molecule has 2 aromatic rings. The minimum absolute atomic E-state index is 0.0305. The smallest absolute Gasteiger partial charge is 0.387 e. The number of aliphatic imine (C=N–C) groups is 1. The van der Waals surface area contributed by atoms with Crippen molar-refractivity contribution in [3.05, 3.63) is 51.4 Å². The summed E-state index contributed by atoms with van der Waals surface area (Å²) in [6.45, 7) is -2.76. The molecule has 1 aromatic heterocycles. The van der Waals surface area contributed by atoms with Gasteiger partial charge in [0.1, 0.15) is 11.5 Å². The summed E-state index contributed by atoms with van der Waals surface area (Å²) in [5, 5.41) is 6.10. The Hall–Kier alpha value is -2.52. The summed E-state index contributed by atoms with van der Waals surface area (Å²) in [5.41, 5.74) is 5.44. The highest BCUT2D eigenvalue weighted by Gasteiger charge is 2.16. The predicted molar refractivity (Wildman–Crippen MR) is 97.4 cm³/mol. The molecule has 0 aliphatic carbocycles. The van der Waals surface area contributed by atoms with E-state index in [-0.39, 0.29) is 34.6 Å². The molecular formula is C16H16Cl2F2N4O3. The number of nitrogens with one attached hydrogen (secondary N) is 2. The number of rotatable bonds is 7. The maximum absolute atomic E-state index is 12.6. The van der Waals surface area contributed by atoms with Crippen molar-refractivity contribution in [3.8, 4) is 5.75 Å². The number of hydrogen-bond acceptors (Lipinski definition) is 4. The molecule has 0 atom stereocenters. The van der Waals surface area contributed by atoms with E-state index in [4.69, 9.17) is 33.4 Å². The second-order valence-electron chi connectivity index (χ2n) is 5.16. The lowest BCUT2D eigenvalue weighted by Gasteiger charge is -2.15. The molecule has 1 aromatic carbocycles. The zero-order valence-corrected chi connectivity index (χ0v) is 15.6. The van der Waals surface area contributed by atoms with Crippen LogP contribution in [0.4, 0.5) is 8.78 Å². The summed E-state index contributed by atoms with van der Waals surface area (Å²) >= 11 is 11.9. The van der Waals surface area contributed by atoms with Gasteiger partial charge < -0.3 is 25.5 Å². The first-order chi connectivity index (χ1) is 12.8. The normalized spacial score (nSPS) is 11.6. The third-order valence-electron chi connectivity index (χ3n) is 3.30. The minimum Gasteiger partial charge on any atom is -0.454 e. The molecule has 0 aliphatic rings. The molecular weight excluding hydrogens is 405 g/mol. The number of alkyl halides is 2. The number of ether oxygens (including phenoxy) is 1. The SMILES string of the molecule is CN=C(NCc1ccc(C(N)=O)o1)NCc1cc(Cl)cc(Cl)c1OC(F)F. The highest BCUT2D eigenvalue weighted by molar-refractivity contribution is 6.35. The average Bonchev–Trinajstić information content (AvgIpc) is 3.07. The van der Waals surface area contributed by atoms with E-state index >= 15 is 0 Å². The van der Waals surface area contributed by atoms with Crippen LogP contribution >= 0.6 is 23.2 Å². The molecule has 146 valence electrons. The van der Waals surface area contributed by atoms with Gasteiger partial charge in [-0.25, -0.2) is 0 Å². The molecule has 11 heteroatoms. The minimum atomic E-state index is -3.03. The van der Waals surface area contributed by atoms with Gasteiger partial charge in [-0.1, -0.05) is 23.2 Å². The number of carbonyl (C=O) groups is 1. The number of primary amides is 1. The zero-order chi connectivity index (χ0) is 20.0. The van der Waals surface area contributed by atoms with Gasteiger partial charge >= 0.3 is 6.61 Å². The lowest BCUT2D eigenvalue weighted by atomic mass is 10.2. The van der Waals surface area contributed by atoms with Gasteiger partial charge in [0.2, 0.25) is 0 Å². The van der Waals surface area contributed by atoms with E-state index in [1.165, 1.54) is 25.2 Å². The molecule has 0 saturated carbocycles. The van der Waals surface area contributed by atoms with Crippen LogP contribution in [0, 0.1) is 0 Å². The van der Waals surface area contributed by atoms with Crippen LogP contribution in [0.25, 0.3) is 0 Å². The van der Waals surface area contributed by atoms with E-state index in [1.807, 2.05) is 0 Å². The van der Waals surface area contributed by atoms with E-state index in [9.17, 15) is 13.6 Å². The number of hydrogen-bond donors (Lipinski definition) is 3. The number of furan rings is 1. The van der Waals surface area contributed by atoms with Gasteiger partial charge in [-0.3, -0.25) is 9.79 Å². The Balaban J connectivity index is 2.02. The van der Waals surface area contributed by atoms with Crippen LogP contribution in [-0.2, 0) is 13.1 Å². The van der Waals surface area contributed by atoms with Crippen molar-refractivity contribution in [1.82, 2.24) is 10.6 Å². The Morgan fingerprint density at radius 1 is 1.30 bits per heavy atom. The van der Waals surface area contributed by atoms with E-state index < -0.39 is 12.5 Å². The van der Waals surface area contributed by atoms with Crippen molar-refractivity contribution < 1.29 is 22.7 Å². The Kier molecular flexibility index (Phi) is 7.26. The average molecular weight is 421 g/mol. The first-order valence-corrected chi connectivity index (χ1v) is 8.31. The second kappa shape index (κ2) is 9.43. The van der Waals surface area contributed by atoms with E-state index in [0.29, 0.717) is 17.3 Å². The molecule has 0 saturated heterocycles. The largest absolute Gasteiger partial charge is 0.454 e. The summed E-state index contributed by atoms with van der Waals surface area (Å²) in [6.07, 6.45) is 0. The monoisotopic (exact) mass is 420 g/mol. The van der Waals surface area contributed by atoms with Crippen molar-refractivity contribution in [2.75, 3.05) is 7.05 Å².